The number of hydrogen-bond donors (Lipinski definition) is 0. The molecule has 0 aliphatic heterocycles. The lowest BCUT2D eigenvalue weighted by Gasteiger charge is -2.18. The zero-order valence-electron chi connectivity index (χ0n) is 36.9. The topological polar surface area (TPSA) is 61.8 Å². The van der Waals surface area contributed by atoms with Gasteiger partial charge >= 0.3 is 11.9 Å². The first-order valence-corrected chi connectivity index (χ1v) is 23.5. The van der Waals surface area contributed by atoms with Crippen molar-refractivity contribution in [1.82, 2.24) is 0 Å². The van der Waals surface area contributed by atoms with Crippen molar-refractivity contribution in [1.29, 1.82) is 0 Å². The molecule has 0 radical (unpaired) electrons. The fourth-order valence-corrected chi connectivity index (χ4v) is 6.19. The molecule has 1 unspecified atom stereocenters. The molecule has 56 heavy (non-hydrogen) atoms. The van der Waals surface area contributed by atoms with Gasteiger partial charge in [0.1, 0.15) is 6.61 Å². The highest BCUT2D eigenvalue weighted by molar-refractivity contribution is 5.70. The van der Waals surface area contributed by atoms with Gasteiger partial charge in [-0.2, -0.15) is 0 Å². The van der Waals surface area contributed by atoms with Gasteiger partial charge in [0.05, 0.1) is 6.61 Å². The Bertz CT molecular complexity index is 1020. The zero-order chi connectivity index (χ0) is 40.7. The van der Waals surface area contributed by atoms with E-state index in [9.17, 15) is 9.59 Å². The van der Waals surface area contributed by atoms with Crippen LogP contribution in [0.4, 0.5) is 0 Å². The van der Waals surface area contributed by atoms with E-state index in [-0.39, 0.29) is 25.2 Å². The number of carbonyl (C=O) groups is 2. The predicted molar refractivity (Wildman–Crippen MR) is 242 cm³/mol. The van der Waals surface area contributed by atoms with Crippen LogP contribution in [0, 0.1) is 0 Å². The maximum Gasteiger partial charge on any atom is 0.306 e. The van der Waals surface area contributed by atoms with E-state index in [1.54, 1.807) is 0 Å². The molecule has 0 amide bonds. The Morgan fingerprint density at radius 2 is 0.839 bits per heavy atom. The van der Waals surface area contributed by atoms with Crippen molar-refractivity contribution >= 4 is 11.9 Å². The van der Waals surface area contributed by atoms with Gasteiger partial charge < -0.3 is 14.2 Å². The van der Waals surface area contributed by atoms with Gasteiger partial charge in [-0.15, -0.1) is 0 Å². The molecule has 0 fully saturated rings. The number of rotatable bonds is 42. The number of unbranched alkanes of at least 4 members (excludes halogenated alkanes) is 19. The van der Waals surface area contributed by atoms with Gasteiger partial charge in [-0.1, -0.05) is 177 Å². The van der Waals surface area contributed by atoms with Crippen LogP contribution in [0.2, 0.25) is 0 Å². The SMILES string of the molecule is CC/C=C\C/C=C\C/C=C\CCCCCCCC(=O)OCC(COCCCCCCCC/C=C\C/C=C\CCC)OC(=O)CCCCCCC/C=C\CCCC. The molecular weight excluding hydrogens is 693 g/mol. The average molecular weight is 781 g/mol. The van der Waals surface area contributed by atoms with E-state index in [2.05, 4.69) is 93.7 Å². The van der Waals surface area contributed by atoms with Crippen LogP contribution in [-0.2, 0) is 23.8 Å². The monoisotopic (exact) mass is 781 g/mol. The Morgan fingerprint density at radius 3 is 1.38 bits per heavy atom. The zero-order valence-corrected chi connectivity index (χ0v) is 36.9. The molecule has 0 aromatic heterocycles. The Labute approximate surface area is 347 Å². The van der Waals surface area contributed by atoms with Gasteiger partial charge in [0.15, 0.2) is 6.10 Å². The summed E-state index contributed by atoms with van der Waals surface area (Å²) in [5.74, 6) is -0.436. The Balaban J connectivity index is 4.31. The van der Waals surface area contributed by atoms with Crippen LogP contribution >= 0.6 is 0 Å². The third kappa shape index (κ3) is 44.1. The van der Waals surface area contributed by atoms with E-state index < -0.39 is 6.10 Å². The van der Waals surface area contributed by atoms with Crippen LogP contribution in [0.1, 0.15) is 213 Å². The molecule has 0 aliphatic carbocycles. The maximum atomic E-state index is 12.7. The second-order valence-electron chi connectivity index (χ2n) is 15.3. The molecule has 0 N–H and O–H groups in total. The van der Waals surface area contributed by atoms with Crippen LogP contribution < -0.4 is 0 Å². The third-order valence-corrected chi connectivity index (χ3v) is 9.68. The van der Waals surface area contributed by atoms with Gasteiger partial charge in [0.2, 0.25) is 0 Å². The molecule has 322 valence electrons. The van der Waals surface area contributed by atoms with Crippen molar-refractivity contribution in [2.24, 2.45) is 0 Å². The van der Waals surface area contributed by atoms with E-state index in [1.165, 1.54) is 89.9 Å². The minimum atomic E-state index is -0.553. The minimum absolute atomic E-state index is 0.0663. The Morgan fingerprint density at radius 1 is 0.411 bits per heavy atom. The fraction of sp³-hybridized carbons (Fsp3) is 0.725. The molecule has 5 heteroatoms. The van der Waals surface area contributed by atoms with Crippen LogP contribution in [0.5, 0.6) is 0 Å². The summed E-state index contributed by atoms with van der Waals surface area (Å²) in [5, 5.41) is 0. The lowest BCUT2D eigenvalue weighted by molar-refractivity contribution is -0.163. The third-order valence-electron chi connectivity index (χ3n) is 9.68. The van der Waals surface area contributed by atoms with Crippen LogP contribution in [-0.4, -0.2) is 37.9 Å². The molecule has 0 spiro atoms. The van der Waals surface area contributed by atoms with E-state index in [4.69, 9.17) is 14.2 Å². The minimum Gasteiger partial charge on any atom is -0.462 e. The Kier molecular flexibility index (Phi) is 44.5. The van der Waals surface area contributed by atoms with E-state index >= 15 is 0 Å². The summed E-state index contributed by atoms with van der Waals surface area (Å²) in [5.41, 5.74) is 0. The fourth-order valence-electron chi connectivity index (χ4n) is 6.19. The first-order chi connectivity index (χ1) is 27.6. The smallest absolute Gasteiger partial charge is 0.306 e. The highest BCUT2D eigenvalue weighted by Gasteiger charge is 2.17. The molecule has 5 nitrogen and oxygen atoms in total. The molecule has 0 aromatic rings. The van der Waals surface area contributed by atoms with Crippen molar-refractivity contribution in [3.05, 3.63) is 72.9 Å². The lowest BCUT2D eigenvalue weighted by Crippen LogP contribution is -2.30. The summed E-state index contributed by atoms with van der Waals surface area (Å²) in [7, 11) is 0. The van der Waals surface area contributed by atoms with Crippen molar-refractivity contribution in [2.45, 2.75) is 219 Å². The number of carbonyl (C=O) groups excluding carboxylic acids is 2. The van der Waals surface area contributed by atoms with E-state index in [1.807, 2.05) is 0 Å². The highest BCUT2D eigenvalue weighted by Crippen LogP contribution is 2.13. The second-order valence-corrected chi connectivity index (χ2v) is 15.3. The van der Waals surface area contributed by atoms with Crippen molar-refractivity contribution in [3.8, 4) is 0 Å². The van der Waals surface area contributed by atoms with Crippen LogP contribution in [0.15, 0.2) is 72.9 Å². The molecule has 0 bridgehead atoms. The van der Waals surface area contributed by atoms with Crippen molar-refractivity contribution < 1.29 is 23.8 Å². The number of ether oxygens (including phenoxy) is 3. The Hall–Kier alpha value is -2.66. The van der Waals surface area contributed by atoms with Gasteiger partial charge in [-0.05, 0) is 96.3 Å². The largest absolute Gasteiger partial charge is 0.462 e. The number of esters is 2. The molecule has 0 aliphatic rings. The summed E-state index contributed by atoms with van der Waals surface area (Å²) in [6, 6.07) is 0. The van der Waals surface area contributed by atoms with E-state index in [0.29, 0.717) is 19.4 Å². The van der Waals surface area contributed by atoms with Gasteiger partial charge in [0, 0.05) is 19.4 Å². The van der Waals surface area contributed by atoms with Gasteiger partial charge in [-0.25, -0.2) is 0 Å². The summed E-state index contributed by atoms with van der Waals surface area (Å²) in [6.45, 7) is 7.56. The maximum absolute atomic E-state index is 12.7. The number of allylic oxidation sites excluding steroid dienone is 12. The molecule has 0 aromatic carbocycles. The summed E-state index contributed by atoms with van der Waals surface area (Å²) in [6.07, 6.45) is 59.0. The van der Waals surface area contributed by atoms with Gasteiger partial charge in [-0.3, -0.25) is 9.59 Å². The number of hydrogen-bond acceptors (Lipinski definition) is 5. The highest BCUT2D eigenvalue weighted by atomic mass is 16.6. The summed E-state index contributed by atoms with van der Waals surface area (Å²) < 4.78 is 17.3. The lowest BCUT2D eigenvalue weighted by atomic mass is 10.1. The summed E-state index contributed by atoms with van der Waals surface area (Å²) in [4.78, 5) is 25.3. The average Bonchev–Trinajstić information content (AvgIpc) is 3.20. The van der Waals surface area contributed by atoms with Crippen molar-refractivity contribution in [2.75, 3.05) is 19.8 Å². The summed E-state index contributed by atoms with van der Waals surface area (Å²) >= 11 is 0. The first-order valence-electron chi connectivity index (χ1n) is 23.5. The first kappa shape index (κ1) is 53.3. The predicted octanol–water partition coefficient (Wildman–Crippen LogP) is 15.6. The molecular formula is C51H88O5. The van der Waals surface area contributed by atoms with Crippen LogP contribution in [0.25, 0.3) is 0 Å². The normalized spacial score (nSPS) is 12.8. The standard InChI is InChI=1S/C51H88O5/c1-4-7-10-13-16-19-22-24-26-27-30-32-35-38-41-44-50(52)55-48-49(56-51(53)45-42-39-36-33-29-21-18-15-12-9-6-3)47-54-46-43-40-37-34-31-28-25-23-20-17-14-11-8-5-2/h7,10-11,14-16,18-20,23-24,26,49H,4-6,8-9,12-13,17,21-22,25,27-48H2,1-3H3/b10-7-,14-11-,18-15-,19-16-,23-20-,26-24-. The van der Waals surface area contributed by atoms with Crippen molar-refractivity contribution in [3.63, 3.8) is 0 Å². The quantitative estimate of drug-likeness (QED) is 0.0351. The molecule has 1 atom stereocenters. The van der Waals surface area contributed by atoms with Crippen LogP contribution in [0.3, 0.4) is 0 Å². The molecule has 0 heterocycles. The molecule has 0 saturated carbocycles. The van der Waals surface area contributed by atoms with E-state index in [0.717, 1.165) is 89.9 Å². The molecule has 0 rings (SSSR count). The van der Waals surface area contributed by atoms with Gasteiger partial charge in [0.25, 0.3) is 0 Å². The second kappa shape index (κ2) is 46.7. The molecule has 0 saturated heterocycles.